The van der Waals surface area contributed by atoms with Gasteiger partial charge in [-0.25, -0.2) is 5.84 Å². The quantitative estimate of drug-likeness (QED) is 0.339. The van der Waals surface area contributed by atoms with Gasteiger partial charge in [0, 0.05) is 18.4 Å². The van der Waals surface area contributed by atoms with Crippen LogP contribution < -0.4 is 22.3 Å². The normalized spacial score (nSPS) is 10.2. The molecular formula is C9H16N4. The van der Waals surface area contributed by atoms with Gasteiger partial charge in [-0.05, 0) is 31.0 Å². The highest BCUT2D eigenvalue weighted by Gasteiger charge is 2.09. The van der Waals surface area contributed by atoms with E-state index in [0.717, 1.165) is 16.8 Å². The van der Waals surface area contributed by atoms with Gasteiger partial charge < -0.3 is 16.5 Å². The van der Waals surface area contributed by atoms with Gasteiger partial charge in [0.2, 0.25) is 0 Å². The number of hydrogen-bond donors (Lipinski definition) is 3. The van der Waals surface area contributed by atoms with Gasteiger partial charge in [-0.3, -0.25) is 0 Å². The first-order valence-electron chi connectivity index (χ1n) is 4.08. The van der Waals surface area contributed by atoms with Gasteiger partial charge in [0.05, 0.1) is 5.69 Å². The third kappa shape index (κ3) is 1.53. The van der Waals surface area contributed by atoms with Crippen molar-refractivity contribution >= 4 is 17.1 Å². The van der Waals surface area contributed by atoms with E-state index in [1.54, 1.807) is 7.05 Å². The van der Waals surface area contributed by atoms with E-state index in [2.05, 4.69) is 0 Å². The Labute approximate surface area is 78.3 Å². The largest absolute Gasteiger partial charge is 0.398 e. The Hall–Kier alpha value is -1.42. The van der Waals surface area contributed by atoms with Crippen molar-refractivity contribution in [3.8, 4) is 0 Å². The van der Waals surface area contributed by atoms with Crippen LogP contribution in [0.3, 0.4) is 0 Å². The Morgan fingerprint density at radius 1 is 1.15 bits per heavy atom. The summed E-state index contributed by atoms with van der Waals surface area (Å²) in [7, 11) is 1.76. The van der Waals surface area contributed by atoms with Crippen LogP contribution in [0.2, 0.25) is 0 Å². The number of anilines is 3. The monoisotopic (exact) mass is 180 g/mol. The minimum Gasteiger partial charge on any atom is -0.398 e. The minimum absolute atomic E-state index is 0.676. The van der Waals surface area contributed by atoms with Crippen molar-refractivity contribution in [2.24, 2.45) is 5.84 Å². The van der Waals surface area contributed by atoms with Gasteiger partial charge in [-0.15, -0.1) is 0 Å². The minimum atomic E-state index is 0.676. The molecule has 0 amide bonds. The molecule has 0 aliphatic rings. The van der Waals surface area contributed by atoms with E-state index in [1.807, 2.05) is 19.9 Å². The smallest absolute Gasteiger partial charge is 0.0584 e. The highest BCUT2D eigenvalue weighted by Crippen LogP contribution is 2.30. The van der Waals surface area contributed by atoms with E-state index < -0.39 is 0 Å². The molecule has 0 atom stereocenters. The third-order valence-electron chi connectivity index (χ3n) is 2.30. The van der Waals surface area contributed by atoms with Crippen molar-refractivity contribution in [1.82, 2.24) is 0 Å². The van der Waals surface area contributed by atoms with Crippen molar-refractivity contribution in [3.63, 3.8) is 0 Å². The van der Waals surface area contributed by atoms with Gasteiger partial charge in [0.25, 0.3) is 0 Å². The zero-order valence-electron chi connectivity index (χ0n) is 8.26. The van der Waals surface area contributed by atoms with Gasteiger partial charge in [-0.2, -0.15) is 0 Å². The van der Waals surface area contributed by atoms with Gasteiger partial charge in [-0.1, -0.05) is 0 Å². The first-order valence-corrected chi connectivity index (χ1v) is 4.08. The summed E-state index contributed by atoms with van der Waals surface area (Å²) in [6, 6.07) is 1.83. The standard InChI is InChI=1S/C9H16N4/c1-5-7(10)4-8(13(3)12)6(2)9(5)11/h4H,10-12H2,1-3H3. The number of rotatable bonds is 1. The molecule has 1 rings (SSSR count). The van der Waals surface area contributed by atoms with E-state index in [1.165, 1.54) is 5.01 Å². The van der Waals surface area contributed by atoms with Gasteiger partial charge in [0.15, 0.2) is 0 Å². The Kier molecular flexibility index (Phi) is 2.34. The van der Waals surface area contributed by atoms with Crippen LogP contribution in [-0.2, 0) is 0 Å². The fraction of sp³-hybridized carbons (Fsp3) is 0.333. The Morgan fingerprint density at radius 3 is 2.15 bits per heavy atom. The molecule has 0 spiro atoms. The van der Waals surface area contributed by atoms with Crippen LogP contribution in [0.1, 0.15) is 11.1 Å². The van der Waals surface area contributed by atoms with Gasteiger partial charge >= 0.3 is 0 Å². The summed E-state index contributed by atoms with van der Waals surface area (Å²) in [5.41, 5.74) is 15.8. The molecule has 0 radical (unpaired) electrons. The fourth-order valence-corrected chi connectivity index (χ4v) is 1.30. The lowest BCUT2D eigenvalue weighted by Gasteiger charge is -2.19. The SMILES string of the molecule is Cc1c(N)cc(N(C)N)c(C)c1N. The maximum Gasteiger partial charge on any atom is 0.0584 e. The molecule has 4 heteroatoms. The number of hydrazine groups is 1. The predicted molar refractivity (Wildman–Crippen MR) is 57.3 cm³/mol. The molecule has 0 aromatic heterocycles. The number of benzene rings is 1. The average Bonchev–Trinajstić information content (AvgIpc) is 2.07. The predicted octanol–water partition coefficient (Wildman–Crippen LogP) is 0.778. The number of nitrogens with zero attached hydrogens (tertiary/aromatic N) is 1. The first-order chi connectivity index (χ1) is 5.95. The van der Waals surface area contributed by atoms with Crippen LogP contribution in [0.15, 0.2) is 6.07 Å². The van der Waals surface area contributed by atoms with Crippen molar-refractivity contribution in [1.29, 1.82) is 0 Å². The molecular weight excluding hydrogens is 164 g/mol. The topological polar surface area (TPSA) is 81.3 Å². The second-order valence-corrected chi connectivity index (χ2v) is 3.26. The molecule has 13 heavy (non-hydrogen) atoms. The Morgan fingerprint density at radius 2 is 1.69 bits per heavy atom. The summed E-state index contributed by atoms with van der Waals surface area (Å²) < 4.78 is 0. The average molecular weight is 180 g/mol. The van der Waals surface area contributed by atoms with Crippen LogP contribution in [-0.4, -0.2) is 7.05 Å². The second kappa shape index (κ2) is 3.14. The van der Waals surface area contributed by atoms with E-state index in [4.69, 9.17) is 17.3 Å². The number of nitrogens with two attached hydrogens (primary N) is 3. The van der Waals surface area contributed by atoms with Crippen molar-refractivity contribution in [3.05, 3.63) is 17.2 Å². The van der Waals surface area contributed by atoms with E-state index in [9.17, 15) is 0 Å². The third-order valence-corrected chi connectivity index (χ3v) is 2.30. The molecule has 0 saturated carbocycles. The summed E-state index contributed by atoms with van der Waals surface area (Å²) in [5, 5.41) is 1.52. The molecule has 6 N–H and O–H groups in total. The molecule has 1 aromatic rings. The highest BCUT2D eigenvalue weighted by molar-refractivity contribution is 5.75. The zero-order chi connectivity index (χ0) is 10.2. The lowest BCUT2D eigenvalue weighted by atomic mass is 10.1. The van der Waals surface area contributed by atoms with Crippen LogP contribution in [0.25, 0.3) is 0 Å². The van der Waals surface area contributed by atoms with Crippen LogP contribution >= 0.6 is 0 Å². The highest BCUT2D eigenvalue weighted by atomic mass is 15.4. The summed E-state index contributed by atoms with van der Waals surface area (Å²) in [6.45, 7) is 3.83. The Balaban J connectivity index is 3.41. The summed E-state index contributed by atoms with van der Waals surface area (Å²) >= 11 is 0. The fourth-order valence-electron chi connectivity index (χ4n) is 1.30. The van der Waals surface area contributed by atoms with Gasteiger partial charge in [0.1, 0.15) is 0 Å². The number of nitrogen functional groups attached to an aromatic ring is 2. The lowest BCUT2D eigenvalue weighted by molar-refractivity contribution is 1.01. The maximum absolute atomic E-state index is 5.86. The second-order valence-electron chi connectivity index (χ2n) is 3.26. The first kappa shape index (κ1) is 9.67. The summed E-state index contributed by atoms with van der Waals surface area (Å²) in [6.07, 6.45) is 0. The molecule has 0 unspecified atom stereocenters. The molecule has 4 nitrogen and oxygen atoms in total. The molecule has 0 saturated heterocycles. The van der Waals surface area contributed by atoms with Crippen LogP contribution in [0.5, 0.6) is 0 Å². The van der Waals surface area contributed by atoms with Crippen molar-refractivity contribution < 1.29 is 0 Å². The molecule has 0 aliphatic carbocycles. The molecule has 0 aliphatic heterocycles. The lowest BCUT2D eigenvalue weighted by Crippen LogP contribution is -2.26. The maximum atomic E-state index is 5.86. The molecule has 0 heterocycles. The van der Waals surface area contributed by atoms with Crippen LogP contribution in [0.4, 0.5) is 17.1 Å². The summed E-state index contributed by atoms with van der Waals surface area (Å²) in [4.78, 5) is 0. The zero-order valence-corrected chi connectivity index (χ0v) is 8.26. The van der Waals surface area contributed by atoms with Crippen molar-refractivity contribution in [2.45, 2.75) is 13.8 Å². The molecule has 1 aromatic carbocycles. The molecule has 0 fully saturated rings. The van der Waals surface area contributed by atoms with E-state index in [0.29, 0.717) is 11.4 Å². The Bertz CT molecular complexity index is 331. The van der Waals surface area contributed by atoms with Crippen LogP contribution in [0, 0.1) is 13.8 Å². The number of hydrogen-bond acceptors (Lipinski definition) is 4. The van der Waals surface area contributed by atoms with Crippen molar-refractivity contribution in [2.75, 3.05) is 23.5 Å². The summed E-state index contributed by atoms with van der Waals surface area (Å²) in [5.74, 6) is 5.62. The van der Waals surface area contributed by atoms with E-state index in [-0.39, 0.29) is 0 Å². The molecule has 72 valence electrons. The van der Waals surface area contributed by atoms with E-state index >= 15 is 0 Å². The molecule has 0 bridgehead atoms.